The van der Waals surface area contributed by atoms with Crippen LogP contribution in [0.3, 0.4) is 0 Å². The van der Waals surface area contributed by atoms with Crippen molar-refractivity contribution in [3.63, 3.8) is 0 Å². The van der Waals surface area contributed by atoms with Gasteiger partial charge in [-0.1, -0.05) is 24.3 Å². The third-order valence-corrected chi connectivity index (χ3v) is 4.10. The maximum atomic E-state index is 12.7. The molecule has 0 spiro atoms. The third-order valence-electron chi connectivity index (χ3n) is 4.10. The normalized spacial score (nSPS) is 10.7. The van der Waals surface area contributed by atoms with E-state index < -0.39 is 11.8 Å². The summed E-state index contributed by atoms with van der Waals surface area (Å²) in [6.07, 6.45) is 1.56. The lowest BCUT2D eigenvalue weighted by Gasteiger charge is -2.11. The summed E-state index contributed by atoms with van der Waals surface area (Å²) in [5, 5.41) is 7.20. The molecule has 0 saturated carbocycles. The molecule has 0 atom stereocenters. The number of primary amides is 1. The van der Waals surface area contributed by atoms with E-state index >= 15 is 0 Å². The number of aromatic nitrogens is 2. The van der Waals surface area contributed by atoms with Crippen molar-refractivity contribution in [2.24, 2.45) is 5.73 Å². The maximum absolute atomic E-state index is 12.7. The lowest BCUT2D eigenvalue weighted by Crippen LogP contribution is -2.16. The molecule has 0 unspecified atom stereocenters. The molecular formula is C20H14N4O4. The first-order valence-corrected chi connectivity index (χ1v) is 8.32. The molecule has 2 aromatic heterocycles. The Morgan fingerprint density at radius 3 is 2.57 bits per heavy atom. The van der Waals surface area contributed by atoms with Gasteiger partial charge in [0.2, 0.25) is 0 Å². The summed E-state index contributed by atoms with van der Waals surface area (Å²) in [7, 11) is 0. The van der Waals surface area contributed by atoms with Gasteiger partial charge in [0.05, 0.1) is 16.8 Å². The number of rotatable bonds is 4. The number of hydrogen-bond acceptors (Lipinski definition) is 5. The molecule has 4 rings (SSSR count). The summed E-state index contributed by atoms with van der Waals surface area (Å²) >= 11 is 0. The number of anilines is 1. The van der Waals surface area contributed by atoms with E-state index in [1.807, 2.05) is 0 Å². The van der Waals surface area contributed by atoms with Crippen LogP contribution in [0, 0.1) is 0 Å². The van der Waals surface area contributed by atoms with Crippen molar-refractivity contribution in [3.05, 3.63) is 88.5 Å². The molecule has 0 radical (unpaired) electrons. The Hall–Kier alpha value is -4.20. The number of hydrogen-bond donors (Lipinski definition) is 2. The quantitative estimate of drug-likeness (QED) is 0.568. The van der Waals surface area contributed by atoms with Gasteiger partial charge in [0.25, 0.3) is 11.8 Å². The molecule has 4 aromatic rings. The van der Waals surface area contributed by atoms with E-state index in [4.69, 9.17) is 10.2 Å². The van der Waals surface area contributed by atoms with Crippen LogP contribution in [0.1, 0.15) is 21.0 Å². The minimum Gasteiger partial charge on any atom is -0.451 e. The topological polar surface area (TPSA) is 120 Å². The van der Waals surface area contributed by atoms with Gasteiger partial charge >= 0.3 is 0 Å². The van der Waals surface area contributed by atoms with E-state index in [-0.39, 0.29) is 16.9 Å². The third kappa shape index (κ3) is 3.14. The number of carbonyl (C=O) groups is 2. The summed E-state index contributed by atoms with van der Waals surface area (Å²) in [5.74, 6) is -1.35. The number of benzene rings is 2. The first kappa shape index (κ1) is 17.2. The highest BCUT2D eigenvalue weighted by Gasteiger charge is 2.15. The molecular weight excluding hydrogens is 360 g/mol. The van der Waals surface area contributed by atoms with Crippen LogP contribution in [0.15, 0.2) is 76.1 Å². The molecule has 0 aliphatic heterocycles. The van der Waals surface area contributed by atoms with Gasteiger partial charge in [-0.3, -0.25) is 14.4 Å². The molecule has 0 aliphatic carbocycles. The molecule has 2 amide bonds. The Morgan fingerprint density at radius 1 is 1.04 bits per heavy atom. The highest BCUT2D eigenvalue weighted by molar-refractivity contribution is 6.04. The lowest BCUT2D eigenvalue weighted by atomic mass is 10.2. The summed E-state index contributed by atoms with van der Waals surface area (Å²) in [6, 6.07) is 16.2. The van der Waals surface area contributed by atoms with Gasteiger partial charge < -0.3 is 15.5 Å². The van der Waals surface area contributed by atoms with Crippen LogP contribution in [-0.2, 0) is 0 Å². The zero-order chi connectivity index (χ0) is 19.7. The van der Waals surface area contributed by atoms with E-state index in [2.05, 4.69) is 10.4 Å². The van der Waals surface area contributed by atoms with Gasteiger partial charge in [0.15, 0.2) is 11.2 Å². The van der Waals surface area contributed by atoms with Gasteiger partial charge in [-0.15, -0.1) is 0 Å². The predicted molar refractivity (Wildman–Crippen MR) is 103 cm³/mol. The Morgan fingerprint density at radius 2 is 1.79 bits per heavy atom. The minimum absolute atomic E-state index is 0.0988. The molecule has 2 aromatic carbocycles. The summed E-state index contributed by atoms with van der Waals surface area (Å²) < 4.78 is 6.99. The molecule has 0 aliphatic rings. The van der Waals surface area contributed by atoms with E-state index in [1.54, 1.807) is 54.7 Å². The molecule has 28 heavy (non-hydrogen) atoms. The summed E-state index contributed by atoms with van der Waals surface area (Å²) in [5.41, 5.74) is 6.29. The second-order valence-corrected chi connectivity index (χ2v) is 5.95. The number of nitrogens with zero attached hydrogens (tertiary/aromatic N) is 2. The highest BCUT2D eigenvalue weighted by atomic mass is 16.3. The number of amides is 2. The maximum Gasteiger partial charge on any atom is 0.291 e. The fourth-order valence-electron chi connectivity index (χ4n) is 2.77. The van der Waals surface area contributed by atoms with Crippen molar-refractivity contribution in [2.45, 2.75) is 0 Å². The molecule has 0 fully saturated rings. The van der Waals surface area contributed by atoms with E-state index in [9.17, 15) is 14.4 Å². The molecule has 138 valence electrons. The monoisotopic (exact) mass is 374 g/mol. The van der Waals surface area contributed by atoms with Crippen molar-refractivity contribution >= 4 is 28.5 Å². The molecule has 3 N–H and O–H groups in total. The smallest absolute Gasteiger partial charge is 0.291 e. The first-order valence-electron chi connectivity index (χ1n) is 8.32. The number of nitrogens with one attached hydrogen (secondary N) is 1. The first-order chi connectivity index (χ1) is 13.5. The van der Waals surface area contributed by atoms with Crippen molar-refractivity contribution in [1.29, 1.82) is 0 Å². The molecule has 0 bridgehead atoms. The predicted octanol–water partition coefficient (Wildman–Crippen LogP) is 2.33. The lowest BCUT2D eigenvalue weighted by molar-refractivity contribution is 0.0988. The average molecular weight is 374 g/mol. The van der Waals surface area contributed by atoms with Crippen LogP contribution >= 0.6 is 0 Å². The largest absolute Gasteiger partial charge is 0.451 e. The number of para-hydroxylation sites is 3. The van der Waals surface area contributed by atoms with Crippen molar-refractivity contribution < 1.29 is 14.0 Å². The van der Waals surface area contributed by atoms with Gasteiger partial charge in [-0.05, 0) is 30.3 Å². The minimum atomic E-state index is -0.654. The fraction of sp³-hybridized carbons (Fsp3) is 0. The Labute approximate surface area is 158 Å². The van der Waals surface area contributed by atoms with E-state index in [0.717, 1.165) is 6.07 Å². The van der Waals surface area contributed by atoms with Crippen molar-refractivity contribution in [2.75, 3.05) is 5.32 Å². The molecule has 2 heterocycles. The summed E-state index contributed by atoms with van der Waals surface area (Å²) in [4.78, 5) is 36.1. The number of nitrogens with two attached hydrogens (primary N) is 1. The second-order valence-electron chi connectivity index (χ2n) is 5.95. The van der Waals surface area contributed by atoms with Gasteiger partial charge in [0, 0.05) is 12.3 Å². The fourth-order valence-corrected chi connectivity index (χ4v) is 2.77. The zero-order valence-electron chi connectivity index (χ0n) is 14.5. The van der Waals surface area contributed by atoms with Crippen molar-refractivity contribution in [3.8, 4) is 5.69 Å². The van der Waals surface area contributed by atoms with Gasteiger partial charge in [-0.2, -0.15) is 5.10 Å². The Bertz CT molecular complexity index is 1270. The molecule has 8 heteroatoms. The standard InChI is InChI=1S/C20H14N4O4/c21-19(26)14-9-10-24(23-14)15-7-3-2-6-13(15)22-20(27)18-11-16(25)12-5-1-4-8-17(12)28-18/h1-11H,(H2,21,26)(H,22,27). The van der Waals surface area contributed by atoms with Crippen molar-refractivity contribution in [1.82, 2.24) is 9.78 Å². The van der Waals surface area contributed by atoms with E-state index in [0.29, 0.717) is 22.3 Å². The second kappa shape index (κ2) is 6.84. The van der Waals surface area contributed by atoms with Gasteiger partial charge in [0.1, 0.15) is 11.3 Å². The number of carbonyl (C=O) groups excluding carboxylic acids is 2. The van der Waals surface area contributed by atoms with Crippen LogP contribution in [0.4, 0.5) is 5.69 Å². The zero-order valence-corrected chi connectivity index (χ0v) is 14.5. The average Bonchev–Trinajstić information content (AvgIpc) is 3.19. The Balaban J connectivity index is 1.69. The van der Waals surface area contributed by atoms with Crippen LogP contribution in [0.5, 0.6) is 0 Å². The van der Waals surface area contributed by atoms with Crippen LogP contribution in [-0.4, -0.2) is 21.6 Å². The molecule has 0 saturated heterocycles. The number of fused-ring (bicyclic) bond motifs is 1. The Kier molecular flexibility index (Phi) is 4.21. The van der Waals surface area contributed by atoms with Gasteiger partial charge in [-0.25, -0.2) is 4.68 Å². The van der Waals surface area contributed by atoms with Crippen LogP contribution in [0.25, 0.3) is 16.7 Å². The SMILES string of the molecule is NC(=O)c1ccn(-c2ccccc2NC(=O)c2cc(=O)c3ccccc3o2)n1. The summed E-state index contributed by atoms with van der Waals surface area (Å²) in [6.45, 7) is 0. The highest BCUT2D eigenvalue weighted by Crippen LogP contribution is 2.21. The molecule has 8 nitrogen and oxygen atoms in total. The van der Waals surface area contributed by atoms with Crippen LogP contribution in [0.2, 0.25) is 0 Å². The van der Waals surface area contributed by atoms with E-state index in [1.165, 1.54) is 10.7 Å². The van der Waals surface area contributed by atoms with Crippen LogP contribution < -0.4 is 16.5 Å².